The van der Waals surface area contributed by atoms with E-state index in [1.165, 1.54) is 5.56 Å². The lowest BCUT2D eigenvalue weighted by Gasteiger charge is -2.06. The monoisotopic (exact) mass is 291 g/mol. The van der Waals surface area contributed by atoms with Crippen molar-refractivity contribution in [2.75, 3.05) is 7.05 Å². The minimum Gasteiger partial charge on any atom is -0.338 e. The minimum atomic E-state index is 0.210. The number of hydrogen-bond acceptors (Lipinski definition) is 5. The average Bonchev–Trinajstić information content (AvgIpc) is 2.94. The van der Waals surface area contributed by atoms with Crippen LogP contribution in [0.3, 0.4) is 0 Å². The van der Waals surface area contributed by atoms with Gasteiger partial charge in [0.25, 0.3) is 0 Å². The highest BCUT2D eigenvalue weighted by Gasteiger charge is 2.15. The maximum atomic E-state index is 5.35. The van der Waals surface area contributed by atoms with Crippen LogP contribution < -0.4 is 5.32 Å². The van der Waals surface area contributed by atoms with Crippen molar-refractivity contribution >= 4 is 11.8 Å². The van der Waals surface area contributed by atoms with E-state index in [1.807, 2.05) is 24.9 Å². The molecule has 0 saturated carbocycles. The molecule has 0 aliphatic heterocycles. The van der Waals surface area contributed by atoms with Gasteiger partial charge in [-0.1, -0.05) is 35.5 Å². The fourth-order valence-corrected chi connectivity index (χ4v) is 2.63. The van der Waals surface area contributed by atoms with Crippen molar-refractivity contribution in [3.63, 3.8) is 0 Å². The zero-order valence-electron chi connectivity index (χ0n) is 12.2. The van der Waals surface area contributed by atoms with Gasteiger partial charge in [0.2, 0.25) is 5.89 Å². The first kappa shape index (κ1) is 15.1. The van der Waals surface area contributed by atoms with Gasteiger partial charge in [0.05, 0.1) is 5.25 Å². The highest BCUT2D eigenvalue weighted by molar-refractivity contribution is 7.98. The molecule has 0 radical (unpaired) electrons. The Hall–Kier alpha value is -1.33. The third kappa shape index (κ3) is 4.35. The molecule has 0 fully saturated rings. The van der Waals surface area contributed by atoms with Crippen LogP contribution in [0.4, 0.5) is 0 Å². The number of hydrogen-bond donors (Lipinski definition) is 1. The zero-order chi connectivity index (χ0) is 14.4. The lowest BCUT2D eigenvalue weighted by atomic mass is 10.2. The molecule has 4 nitrogen and oxygen atoms in total. The van der Waals surface area contributed by atoms with E-state index in [1.54, 1.807) is 0 Å². The van der Waals surface area contributed by atoms with Gasteiger partial charge < -0.3 is 9.84 Å². The Morgan fingerprint density at radius 1 is 1.25 bits per heavy atom. The second kappa shape index (κ2) is 7.45. The maximum Gasteiger partial charge on any atom is 0.239 e. The van der Waals surface area contributed by atoms with E-state index >= 15 is 0 Å². The minimum absolute atomic E-state index is 0.210. The van der Waals surface area contributed by atoms with Crippen molar-refractivity contribution in [1.82, 2.24) is 15.5 Å². The van der Waals surface area contributed by atoms with E-state index in [-0.39, 0.29) is 5.25 Å². The number of nitrogens with zero attached hydrogens (tertiary/aromatic N) is 2. The average molecular weight is 291 g/mol. The molecule has 0 saturated heterocycles. The second-order valence-electron chi connectivity index (χ2n) is 4.88. The molecule has 2 atom stereocenters. The van der Waals surface area contributed by atoms with Crippen LogP contribution in [-0.2, 0) is 12.2 Å². The molecule has 0 aliphatic rings. The van der Waals surface area contributed by atoms with Gasteiger partial charge in [0.15, 0.2) is 5.82 Å². The summed E-state index contributed by atoms with van der Waals surface area (Å²) in [5.74, 6) is 2.44. The smallest absolute Gasteiger partial charge is 0.239 e. The van der Waals surface area contributed by atoms with E-state index < -0.39 is 0 Å². The topological polar surface area (TPSA) is 51.0 Å². The number of nitrogens with one attached hydrogen (secondary N) is 1. The van der Waals surface area contributed by atoms with Crippen LogP contribution in [0.1, 0.15) is 36.4 Å². The number of rotatable bonds is 7. The Kier molecular flexibility index (Phi) is 5.61. The Bertz CT molecular complexity index is 515. The second-order valence-corrected chi connectivity index (χ2v) is 6.21. The Balaban J connectivity index is 1.88. The molecule has 1 N–H and O–H groups in total. The summed E-state index contributed by atoms with van der Waals surface area (Å²) in [6.07, 6.45) is 0.788. The first-order valence-corrected chi connectivity index (χ1v) is 7.89. The van der Waals surface area contributed by atoms with Gasteiger partial charge in [0, 0.05) is 18.2 Å². The lowest BCUT2D eigenvalue weighted by Crippen LogP contribution is -2.24. The molecule has 0 aliphatic carbocycles. The van der Waals surface area contributed by atoms with Crippen molar-refractivity contribution < 1.29 is 4.52 Å². The molecule has 0 spiro atoms. The molecular weight excluding hydrogens is 270 g/mol. The third-order valence-corrected chi connectivity index (χ3v) is 4.36. The summed E-state index contributed by atoms with van der Waals surface area (Å²) in [5.41, 5.74) is 1.31. The van der Waals surface area contributed by atoms with Crippen LogP contribution in [-0.4, -0.2) is 23.2 Å². The Morgan fingerprint density at radius 2 is 2.00 bits per heavy atom. The largest absolute Gasteiger partial charge is 0.338 e. The third-order valence-electron chi connectivity index (χ3n) is 3.16. The molecule has 108 valence electrons. The molecule has 2 rings (SSSR count). The number of aromatic nitrogens is 2. The molecule has 5 heteroatoms. The summed E-state index contributed by atoms with van der Waals surface area (Å²) in [4.78, 5) is 4.47. The highest BCUT2D eigenvalue weighted by atomic mass is 32.2. The van der Waals surface area contributed by atoms with Crippen LogP contribution in [0.5, 0.6) is 0 Å². The van der Waals surface area contributed by atoms with Gasteiger partial charge in [-0.15, -0.1) is 11.8 Å². The summed E-state index contributed by atoms with van der Waals surface area (Å²) in [6, 6.07) is 10.8. The van der Waals surface area contributed by atoms with Crippen molar-refractivity contribution in [2.24, 2.45) is 0 Å². The standard InChI is InChI=1S/C15H21N3OS/c1-11(16-3)9-14-17-15(19-18-14)12(2)20-10-13-7-5-4-6-8-13/h4-8,11-12,16H,9-10H2,1-3H3. The molecule has 0 bridgehead atoms. The predicted octanol–water partition coefficient (Wildman–Crippen LogP) is 3.21. The fourth-order valence-electron chi connectivity index (χ4n) is 1.76. The molecule has 1 heterocycles. The Morgan fingerprint density at radius 3 is 2.70 bits per heavy atom. The van der Waals surface area contributed by atoms with Crippen LogP contribution >= 0.6 is 11.8 Å². The zero-order valence-corrected chi connectivity index (χ0v) is 13.0. The first-order chi connectivity index (χ1) is 9.69. The van der Waals surface area contributed by atoms with Crippen molar-refractivity contribution in [2.45, 2.75) is 37.3 Å². The van der Waals surface area contributed by atoms with E-state index in [4.69, 9.17) is 4.52 Å². The molecule has 2 unspecified atom stereocenters. The van der Waals surface area contributed by atoms with Gasteiger partial charge in [-0.25, -0.2) is 0 Å². The van der Waals surface area contributed by atoms with Crippen LogP contribution in [0.2, 0.25) is 0 Å². The summed E-state index contributed by atoms with van der Waals surface area (Å²) >= 11 is 1.81. The van der Waals surface area contributed by atoms with Crippen LogP contribution in [0.15, 0.2) is 34.9 Å². The quantitative estimate of drug-likeness (QED) is 0.849. The lowest BCUT2D eigenvalue weighted by molar-refractivity contribution is 0.373. The van der Waals surface area contributed by atoms with Gasteiger partial charge in [0.1, 0.15) is 0 Å². The van der Waals surface area contributed by atoms with Crippen LogP contribution in [0, 0.1) is 0 Å². The fraction of sp³-hybridized carbons (Fsp3) is 0.467. The summed E-state index contributed by atoms with van der Waals surface area (Å²) in [6.45, 7) is 4.20. The number of thioether (sulfide) groups is 1. The van der Waals surface area contributed by atoms with Gasteiger partial charge in [-0.05, 0) is 26.5 Å². The van der Waals surface area contributed by atoms with E-state index in [2.05, 4.69) is 53.6 Å². The Labute approximate surface area is 124 Å². The number of likely N-dealkylation sites (N-methyl/N-ethyl adjacent to an activating group) is 1. The summed E-state index contributed by atoms with van der Waals surface area (Å²) in [7, 11) is 1.93. The SMILES string of the molecule is CNC(C)Cc1noc(C(C)SCc2ccccc2)n1. The summed E-state index contributed by atoms with van der Waals surface area (Å²) < 4.78 is 5.35. The van der Waals surface area contributed by atoms with Crippen molar-refractivity contribution in [3.8, 4) is 0 Å². The van der Waals surface area contributed by atoms with Crippen LogP contribution in [0.25, 0.3) is 0 Å². The van der Waals surface area contributed by atoms with Gasteiger partial charge in [-0.2, -0.15) is 4.98 Å². The first-order valence-electron chi connectivity index (χ1n) is 6.84. The molecule has 1 aromatic heterocycles. The summed E-state index contributed by atoms with van der Waals surface area (Å²) in [5, 5.41) is 7.42. The van der Waals surface area contributed by atoms with Gasteiger partial charge in [-0.3, -0.25) is 0 Å². The van der Waals surface area contributed by atoms with E-state index in [9.17, 15) is 0 Å². The van der Waals surface area contributed by atoms with Crippen molar-refractivity contribution in [3.05, 3.63) is 47.6 Å². The molecule has 20 heavy (non-hydrogen) atoms. The normalized spacial score (nSPS) is 14.2. The van der Waals surface area contributed by atoms with E-state index in [0.717, 1.165) is 18.0 Å². The number of benzene rings is 1. The highest BCUT2D eigenvalue weighted by Crippen LogP contribution is 2.29. The van der Waals surface area contributed by atoms with Gasteiger partial charge >= 0.3 is 0 Å². The predicted molar refractivity (Wildman–Crippen MR) is 82.7 cm³/mol. The maximum absolute atomic E-state index is 5.35. The van der Waals surface area contributed by atoms with Crippen molar-refractivity contribution in [1.29, 1.82) is 0 Å². The van der Waals surface area contributed by atoms with E-state index in [0.29, 0.717) is 11.9 Å². The molecule has 1 aromatic carbocycles. The molecule has 2 aromatic rings. The molecule has 0 amide bonds. The molecular formula is C15H21N3OS.